The Morgan fingerprint density at radius 3 is 2.33 bits per heavy atom. The monoisotopic (exact) mass is 433 g/mol. The summed E-state index contributed by atoms with van der Waals surface area (Å²) in [5.74, 6) is -1.20. The lowest BCUT2D eigenvalue weighted by molar-refractivity contribution is -0.124. The third-order valence-electron chi connectivity index (χ3n) is 4.95. The van der Waals surface area contributed by atoms with Crippen molar-refractivity contribution in [2.24, 2.45) is 0 Å². The molecule has 3 rings (SSSR count). The van der Waals surface area contributed by atoms with Crippen LogP contribution in [0.5, 0.6) is 0 Å². The lowest BCUT2D eigenvalue weighted by Gasteiger charge is -2.23. The molecule has 1 saturated heterocycles. The van der Waals surface area contributed by atoms with Gasteiger partial charge in [-0.15, -0.1) is 0 Å². The molecular weight excluding hydrogens is 409 g/mol. The Kier molecular flexibility index (Phi) is 6.84. The maximum Gasteiger partial charge on any atom is 0.251 e. The van der Waals surface area contributed by atoms with Crippen molar-refractivity contribution in [1.82, 2.24) is 14.9 Å². The Morgan fingerprint density at radius 2 is 1.67 bits per heavy atom. The Balaban J connectivity index is 1.53. The van der Waals surface area contributed by atoms with Crippen LogP contribution in [0.2, 0.25) is 0 Å². The molecule has 0 bridgehead atoms. The number of aryl methyl sites for hydroxylation is 1. The van der Waals surface area contributed by atoms with E-state index in [0.29, 0.717) is 18.4 Å². The van der Waals surface area contributed by atoms with Gasteiger partial charge in [-0.3, -0.25) is 9.59 Å². The number of rotatable bonds is 7. The van der Waals surface area contributed by atoms with Gasteiger partial charge >= 0.3 is 0 Å². The van der Waals surface area contributed by atoms with Crippen LogP contribution in [-0.4, -0.2) is 50.2 Å². The summed E-state index contributed by atoms with van der Waals surface area (Å²) in [4.78, 5) is 24.7. The molecular formula is C21H24FN3O4S. The predicted octanol–water partition coefficient (Wildman–Crippen LogP) is 1.83. The van der Waals surface area contributed by atoms with Gasteiger partial charge < -0.3 is 10.6 Å². The predicted molar refractivity (Wildman–Crippen MR) is 110 cm³/mol. The van der Waals surface area contributed by atoms with E-state index in [1.807, 2.05) is 6.92 Å². The van der Waals surface area contributed by atoms with Crippen LogP contribution < -0.4 is 10.6 Å². The van der Waals surface area contributed by atoms with Crippen LogP contribution in [0.3, 0.4) is 0 Å². The van der Waals surface area contributed by atoms with Crippen molar-refractivity contribution in [2.45, 2.75) is 30.7 Å². The molecule has 2 amide bonds. The van der Waals surface area contributed by atoms with Crippen molar-refractivity contribution in [3.8, 4) is 0 Å². The summed E-state index contributed by atoms with van der Waals surface area (Å²) < 4.78 is 40.0. The van der Waals surface area contributed by atoms with Crippen molar-refractivity contribution >= 4 is 21.8 Å². The van der Waals surface area contributed by atoms with E-state index in [1.165, 1.54) is 28.6 Å². The fraction of sp³-hybridized carbons (Fsp3) is 0.333. The zero-order valence-electron chi connectivity index (χ0n) is 16.6. The second-order valence-corrected chi connectivity index (χ2v) is 9.03. The highest BCUT2D eigenvalue weighted by atomic mass is 32.2. The standard InChI is InChI=1S/C21H24FN3O4S/c1-15-4-10-18(11-5-15)30(28,29)25-14-2-3-19(25)21(27)24-13-12-23-20(26)16-6-8-17(22)9-7-16/h4-11,19H,2-3,12-14H2,1H3,(H,23,26)(H,24,27)/t19-/m1/s1. The van der Waals surface area contributed by atoms with Gasteiger partial charge in [-0.2, -0.15) is 4.31 Å². The zero-order chi connectivity index (χ0) is 21.7. The molecule has 2 aromatic carbocycles. The van der Waals surface area contributed by atoms with Gasteiger partial charge in [-0.05, 0) is 56.2 Å². The Labute approximate surface area is 175 Å². The largest absolute Gasteiger partial charge is 0.353 e. The number of carbonyl (C=O) groups is 2. The minimum absolute atomic E-state index is 0.153. The Hall–Kier alpha value is -2.78. The molecule has 1 atom stereocenters. The smallest absolute Gasteiger partial charge is 0.251 e. The van der Waals surface area contributed by atoms with Crippen molar-refractivity contribution in [3.05, 3.63) is 65.5 Å². The first kappa shape index (κ1) is 21.9. The van der Waals surface area contributed by atoms with Crippen LogP contribution in [0.1, 0.15) is 28.8 Å². The number of hydrogen-bond acceptors (Lipinski definition) is 4. The molecule has 0 aromatic heterocycles. The van der Waals surface area contributed by atoms with Gasteiger partial charge in [0.2, 0.25) is 15.9 Å². The van der Waals surface area contributed by atoms with E-state index in [4.69, 9.17) is 0 Å². The van der Waals surface area contributed by atoms with Crippen molar-refractivity contribution < 1.29 is 22.4 Å². The fourth-order valence-corrected chi connectivity index (χ4v) is 4.97. The van der Waals surface area contributed by atoms with E-state index in [-0.39, 0.29) is 36.3 Å². The summed E-state index contributed by atoms with van der Waals surface area (Å²) in [6.07, 6.45) is 1.04. The molecule has 1 aliphatic rings. The number of nitrogens with one attached hydrogen (secondary N) is 2. The molecule has 0 unspecified atom stereocenters. The molecule has 2 N–H and O–H groups in total. The summed E-state index contributed by atoms with van der Waals surface area (Å²) in [6, 6.07) is 10.9. The van der Waals surface area contributed by atoms with E-state index >= 15 is 0 Å². The molecule has 0 saturated carbocycles. The molecule has 160 valence electrons. The number of benzene rings is 2. The van der Waals surface area contributed by atoms with Gasteiger partial charge in [-0.1, -0.05) is 17.7 Å². The minimum Gasteiger partial charge on any atom is -0.353 e. The van der Waals surface area contributed by atoms with Gasteiger partial charge in [0.1, 0.15) is 11.9 Å². The number of halogens is 1. The number of nitrogens with zero attached hydrogens (tertiary/aromatic N) is 1. The second kappa shape index (κ2) is 9.36. The van der Waals surface area contributed by atoms with E-state index < -0.39 is 21.9 Å². The quantitative estimate of drug-likeness (QED) is 0.652. The van der Waals surface area contributed by atoms with Crippen LogP contribution >= 0.6 is 0 Å². The first-order valence-electron chi connectivity index (χ1n) is 9.69. The molecule has 2 aromatic rings. The molecule has 1 aliphatic heterocycles. The molecule has 0 aliphatic carbocycles. The van der Waals surface area contributed by atoms with Crippen LogP contribution in [-0.2, 0) is 14.8 Å². The topological polar surface area (TPSA) is 95.6 Å². The van der Waals surface area contributed by atoms with E-state index in [0.717, 1.165) is 5.56 Å². The highest BCUT2D eigenvalue weighted by molar-refractivity contribution is 7.89. The molecule has 9 heteroatoms. The third-order valence-corrected chi connectivity index (χ3v) is 6.87. The van der Waals surface area contributed by atoms with Crippen molar-refractivity contribution in [3.63, 3.8) is 0 Å². The lowest BCUT2D eigenvalue weighted by Crippen LogP contribution is -2.47. The Bertz CT molecular complexity index is 1010. The highest BCUT2D eigenvalue weighted by Crippen LogP contribution is 2.26. The third kappa shape index (κ3) is 5.03. The SMILES string of the molecule is Cc1ccc(S(=O)(=O)N2CCC[C@@H]2C(=O)NCCNC(=O)c2ccc(F)cc2)cc1. The summed E-state index contributed by atoms with van der Waals surface area (Å²) in [5, 5.41) is 5.31. The normalized spacial score (nSPS) is 16.9. The number of amides is 2. The summed E-state index contributed by atoms with van der Waals surface area (Å²) in [5.41, 5.74) is 1.27. The van der Waals surface area contributed by atoms with E-state index in [9.17, 15) is 22.4 Å². The molecule has 7 nitrogen and oxygen atoms in total. The number of carbonyl (C=O) groups excluding carboxylic acids is 2. The Morgan fingerprint density at radius 1 is 1.03 bits per heavy atom. The minimum atomic E-state index is -3.76. The zero-order valence-corrected chi connectivity index (χ0v) is 17.4. The lowest BCUT2D eigenvalue weighted by atomic mass is 10.2. The molecule has 0 spiro atoms. The van der Waals surface area contributed by atoms with E-state index in [1.54, 1.807) is 24.3 Å². The highest BCUT2D eigenvalue weighted by Gasteiger charge is 2.39. The maximum absolute atomic E-state index is 12.9. The first-order chi connectivity index (χ1) is 14.3. The van der Waals surface area contributed by atoms with Gasteiger partial charge in [-0.25, -0.2) is 12.8 Å². The summed E-state index contributed by atoms with van der Waals surface area (Å²) in [6.45, 7) is 2.48. The van der Waals surface area contributed by atoms with Crippen LogP contribution in [0.15, 0.2) is 53.4 Å². The average Bonchev–Trinajstić information content (AvgIpc) is 3.23. The molecule has 30 heavy (non-hydrogen) atoms. The van der Waals surface area contributed by atoms with Gasteiger partial charge in [0.15, 0.2) is 0 Å². The average molecular weight is 434 g/mol. The van der Waals surface area contributed by atoms with Gasteiger partial charge in [0.25, 0.3) is 5.91 Å². The van der Waals surface area contributed by atoms with Gasteiger partial charge in [0.05, 0.1) is 4.90 Å². The van der Waals surface area contributed by atoms with Gasteiger partial charge in [0, 0.05) is 25.2 Å². The summed E-state index contributed by atoms with van der Waals surface area (Å²) >= 11 is 0. The van der Waals surface area contributed by atoms with Crippen LogP contribution in [0.4, 0.5) is 4.39 Å². The van der Waals surface area contributed by atoms with E-state index in [2.05, 4.69) is 10.6 Å². The van der Waals surface area contributed by atoms with Crippen LogP contribution in [0.25, 0.3) is 0 Å². The summed E-state index contributed by atoms with van der Waals surface area (Å²) in [7, 11) is -3.76. The molecule has 1 fully saturated rings. The fourth-order valence-electron chi connectivity index (χ4n) is 3.32. The second-order valence-electron chi connectivity index (χ2n) is 7.14. The number of hydrogen-bond donors (Lipinski definition) is 2. The number of sulfonamides is 1. The van der Waals surface area contributed by atoms with Crippen molar-refractivity contribution in [2.75, 3.05) is 19.6 Å². The molecule has 0 radical (unpaired) electrons. The van der Waals surface area contributed by atoms with Crippen molar-refractivity contribution in [1.29, 1.82) is 0 Å². The first-order valence-corrected chi connectivity index (χ1v) is 11.1. The maximum atomic E-state index is 12.9. The van der Waals surface area contributed by atoms with Crippen LogP contribution in [0, 0.1) is 12.7 Å². The molecule has 1 heterocycles.